The number of aromatic nitrogens is 1. The number of fused-ring (bicyclic) bond motifs is 2. The molecule has 0 bridgehead atoms. The van der Waals surface area contributed by atoms with Crippen molar-refractivity contribution in [2.45, 2.75) is 25.9 Å². The third-order valence-electron chi connectivity index (χ3n) is 5.60. The summed E-state index contributed by atoms with van der Waals surface area (Å²) in [7, 11) is 3.58. The van der Waals surface area contributed by atoms with Crippen molar-refractivity contribution in [3.8, 4) is 5.75 Å². The SMILES string of the molecule is COc1ccc2c(c1)cc(C(=O)N[C@H](C)CN1CCc3ccccc3C1)n2C. The predicted octanol–water partition coefficient (Wildman–Crippen LogP) is 3.36. The zero-order valence-corrected chi connectivity index (χ0v) is 16.7. The van der Waals surface area contributed by atoms with E-state index in [1.165, 1.54) is 11.1 Å². The molecule has 1 aliphatic rings. The van der Waals surface area contributed by atoms with Gasteiger partial charge in [-0.25, -0.2) is 0 Å². The van der Waals surface area contributed by atoms with Crippen molar-refractivity contribution < 1.29 is 9.53 Å². The second-order valence-corrected chi connectivity index (χ2v) is 7.64. The fourth-order valence-electron chi connectivity index (χ4n) is 4.11. The second-order valence-electron chi connectivity index (χ2n) is 7.64. The molecule has 1 N–H and O–H groups in total. The van der Waals surface area contributed by atoms with Gasteiger partial charge in [-0.05, 0) is 48.7 Å². The van der Waals surface area contributed by atoms with E-state index in [-0.39, 0.29) is 11.9 Å². The lowest BCUT2D eigenvalue weighted by molar-refractivity contribution is 0.0919. The highest BCUT2D eigenvalue weighted by atomic mass is 16.5. The lowest BCUT2D eigenvalue weighted by Gasteiger charge is -2.31. The summed E-state index contributed by atoms with van der Waals surface area (Å²) < 4.78 is 7.23. The number of aryl methyl sites for hydroxylation is 1. The molecule has 0 aliphatic carbocycles. The third-order valence-corrected chi connectivity index (χ3v) is 5.60. The van der Waals surface area contributed by atoms with E-state index in [9.17, 15) is 4.79 Å². The Morgan fingerprint density at radius 3 is 2.75 bits per heavy atom. The number of ether oxygens (including phenoxy) is 1. The Labute approximate surface area is 165 Å². The molecule has 5 heteroatoms. The number of rotatable bonds is 5. The first-order valence-electron chi connectivity index (χ1n) is 9.78. The van der Waals surface area contributed by atoms with Crippen LogP contribution in [-0.2, 0) is 20.0 Å². The molecule has 0 radical (unpaired) electrons. The van der Waals surface area contributed by atoms with Crippen molar-refractivity contribution in [3.05, 3.63) is 65.4 Å². The lowest BCUT2D eigenvalue weighted by atomic mass is 10.00. The van der Waals surface area contributed by atoms with Crippen LogP contribution in [0.4, 0.5) is 0 Å². The minimum atomic E-state index is -0.0393. The second kappa shape index (κ2) is 7.68. The fraction of sp³-hybridized carbons (Fsp3) is 0.348. The molecule has 4 rings (SSSR count). The lowest BCUT2D eigenvalue weighted by Crippen LogP contribution is -2.44. The molecular weight excluding hydrogens is 350 g/mol. The number of hydrogen-bond donors (Lipinski definition) is 1. The summed E-state index contributed by atoms with van der Waals surface area (Å²) >= 11 is 0. The summed E-state index contributed by atoms with van der Waals surface area (Å²) in [5.41, 5.74) is 4.53. The van der Waals surface area contributed by atoms with Crippen molar-refractivity contribution in [3.63, 3.8) is 0 Å². The summed E-state index contributed by atoms with van der Waals surface area (Å²) in [6.07, 6.45) is 1.07. The molecule has 146 valence electrons. The van der Waals surface area contributed by atoms with Crippen molar-refractivity contribution >= 4 is 16.8 Å². The first kappa shape index (κ1) is 18.6. The molecule has 5 nitrogen and oxygen atoms in total. The Morgan fingerprint density at radius 1 is 1.18 bits per heavy atom. The van der Waals surface area contributed by atoms with Crippen LogP contribution >= 0.6 is 0 Å². The van der Waals surface area contributed by atoms with E-state index < -0.39 is 0 Å². The summed E-state index contributed by atoms with van der Waals surface area (Å²) in [4.78, 5) is 15.3. The number of benzene rings is 2. The van der Waals surface area contributed by atoms with E-state index >= 15 is 0 Å². The zero-order valence-electron chi connectivity index (χ0n) is 16.7. The fourth-order valence-corrected chi connectivity index (χ4v) is 4.11. The van der Waals surface area contributed by atoms with E-state index in [4.69, 9.17) is 4.74 Å². The molecule has 0 fully saturated rings. The summed E-state index contributed by atoms with van der Waals surface area (Å²) in [5.74, 6) is 0.756. The van der Waals surface area contributed by atoms with E-state index in [1.54, 1.807) is 7.11 Å². The van der Waals surface area contributed by atoms with Gasteiger partial charge < -0.3 is 14.6 Å². The highest BCUT2D eigenvalue weighted by Crippen LogP contribution is 2.24. The average Bonchev–Trinajstić information content (AvgIpc) is 3.03. The van der Waals surface area contributed by atoms with Gasteiger partial charge in [-0.2, -0.15) is 0 Å². The van der Waals surface area contributed by atoms with Gasteiger partial charge in [-0.15, -0.1) is 0 Å². The normalized spacial score (nSPS) is 15.2. The third kappa shape index (κ3) is 3.62. The Balaban J connectivity index is 1.42. The molecule has 0 unspecified atom stereocenters. The van der Waals surface area contributed by atoms with E-state index in [2.05, 4.69) is 41.4 Å². The van der Waals surface area contributed by atoms with Crippen LogP contribution in [0.15, 0.2) is 48.5 Å². The molecule has 1 atom stereocenters. The molecule has 28 heavy (non-hydrogen) atoms. The van der Waals surface area contributed by atoms with Crippen LogP contribution < -0.4 is 10.1 Å². The smallest absolute Gasteiger partial charge is 0.268 e. The number of amides is 1. The van der Waals surface area contributed by atoms with Gasteiger partial charge >= 0.3 is 0 Å². The maximum Gasteiger partial charge on any atom is 0.268 e. The average molecular weight is 377 g/mol. The number of hydrogen-bond acceptors (Lipinski definition) is 3. The van der Waals surface area contributed by atoms with Crippen LogP contribution in [0.3, 0.4) is 0 Å². The molecule has 2 heterocycles. The molecular formula is C23H27N3O2. The van der Waals surface area contributed by atoms with Crippen LogP contribution in [0, 0.1) is 0 Å². The van der Waals surface area contributed by atoms with Gasteiger partial charge in [0.25, 0.3) is 5.91 Å². The highest BCUT2D eigenvalue weighted by Gasteiger charge is 2.20. The minimum Gasteiger partial charge on any atom is -0.497 e. The maximum absolute atomic E-state index is 12.9. The first-order chi connectivity index (χ1) is 13.5. The highest BCUT2D eigenvalue weighted by molar-refractivity contribution is 5.99. The number of carbonyl (C=O) groups is 1. The van der Waals surface area contributed by atoms with Crippen LogP contribution in [-0.4, -0.2) is 41.6 Å². The van der Waals surface area contributed by atoms with Gasteiger partial charge in [0.15, 0.2) is 0 Å². The van der Waals surface area contributed by atoms with Crippen LogP contribution in [0.25, 0.3) is 10.9 Å². The minimum absolute atomic E-state index is 0.0393. The van der Waals surface area contributed by atoms with Gasteiger partial charge in [-0.1, -0.05) is 24.3 Å². The van der Waals surface area contributed by atoms with Gasteiger partial charge in [-0.3, -0.25) is 9.69 Å². The quantitative estimate of drug-likeness (QED) is 0.742. The van der Waals surface area contributed by atoms with Gasteiger partial charge in [0.05, 0.1) is 7.11 Å². The van der Waals surface area contributed by atoms with Crippen LogP contribution in [0.5, 0.6) is 5.75 Å². The van der Waals surface area contributed by atoms with Gasteiger partial charge in [0, 0.05) is 43.6 Å². The molecule has 1 amide bonds. The molecule has 1 aromatic heterocycles. The zero-order chi connectivity index (χ0) is 19.7. The van der Waals surface area contributed by atoms with Crippen LogP contribution in [0.2, 0.25) is 0 Å². The molecule has 0 spiro atoms. The molecule has 3 aromatic rings. The number of nitrogens with one attached hydrogen (secondary N) is 1. The topological polar surface area (TPSA) is 46.5 Å². The number of nitrogens with zero attached hydrogens (tertiary/aromatic N) is 2. The Bertz CT molecular complexity index is 1010. The summed E-state index contributed by atoms with van der Waals surface area (Å²) in [5, 5.41) is 4.17. The first-order valence-corrected chi connectivity index (χ1v) is 9.78. The van der Waals surface area contributed by atoms with E-state index in [1.807, 2.05) is 35.9 Å². The van der Waals surface area contributed by atoms with E-state index in [0.29, 0.717) is 5.69 Å². The molecule has 2 aromatic carbocycles. The van der Waals surface area contributed by atoms with Crippen molar-refractivity contribution in [1.82, 2.24) is 14.8 Å². The van der Waals surface area contributed by atoms with Crippen LogP contribution in [0.1, 0.15) is 28.5 Å². The monoisotopic (exact) mass is 377 g/mol. The number of methoxy groups -OCH3 is 1. The summed E-state index contributed by atoms with van der Waals surface area (Å²) in [6, 6.07) is 16.5. The molecule has 0 saturated heterocycles. The Hall–Kier alpha value is -2.79. The molecule has 1 aliphatic heterocycles. The Morgan fingerprint density at radius 2 is 1.96 bits per heavy atom. The summed E-state index contributed by atoms with van der Waals surface area (Å²) in [6.45, 7) is 4.90. The maximum atomic E-state index is 12.9. The predicted molar refractivity (Wildman–Crippen MR) is 112 cm³/mol. The van der Waals surface area contributed by atoms with Gasteiger partial charge in [0.2, 0.25) is 0 Å². The van der Waals surface area contributed by atoms with Crippen molar-refractivity contribution in [2.24, 2.45) is 7.05 Å². The van der Waals surface area contributed by atoms with Crippen molar-refractivity contribution in [2.75, 3.05) is 20.2 Å². The van der Waals surface area contributed by atoms with Gasteiger partial charge in [0.1, 0.15) is 11.4 Å². The standard InChI is InChI=1S/C23H27N3O2/c1-16(14-26-11-10-17-6-4-5-7-18(17)15-26)24-23(27)22-13-19-12-20(28-3)8-9-21(19)25(22)2/h4-9,12-13,16H,10-11,14-15H2,1-3H3,(H,24,27)/t16-/m1/s1. The largest absolute Gasteiger partial charge is 0.497 e. The number of carbonyl (C=O) groups excluding carboxylic acids is 1. The van der Waals surface area contributed by atoms with E-state index in [0.717, 1.165) is 42.7 Å². The van der Waals surface area contributed by atoms with Crippen molar-refractivity contribution in [1.29, 1.82) is 0 Å². The Kier molecular flexibility index (Phi) is 5.09. The molecule has 0 saturated carbocycles.